The van der Waals surface area contributed by atoms with Crippen LogP contribution < -0.4 is 10.6 Å². The Morgan fingerprint density at radius 1 is 0.952 bits per heavy atom. The van der Waals surface area contributed by atoms with Gasteiger partial charge in [0.05, 0.1) is 21.4 Å². The molecule has 1 spiro atoms. The van der Waals surface area contributed by atoms with E-state index in [2.05, 4.69) is 16.8 Å². The Bertz CT molecular complexity index is 514. The maximum absolute atomic E-state index is 6.34. The molecule has 0 atom stereocenters. The van der Waals surface area contributed by atoms with E-state index in [1.165, 1.54) is 38.8 Å². The molecule has 3 nitrogen and oxygen atoms in total. The molecule has 3 rings (SSSR count). The Labute approximate surface area is 137 Å². The van der Waals surface area contributed by atoms with Crippen LogP contribution in [0.4, 0.5) is 11.4 Å². The fourth-order valence-electron chi connectivity index (χ4n) is 3.61. The van der Waals surface area contributed by atoms with Crippen LogP contribution in [0.15, 0.2) is 12.1 Å². The van der Waals surface area contributed by atoms with Gasteiger partial charge in [0.1, 0.15) is 0 Å². The van der Waals surface area contributed by atoms with Crippen LogP contribution in [-0.4, -0.2) is 38.1 Å². The van der Waals surface area contributed by atoms with Crippen molar-refractivity contribution in [1.29, 1.82) is 0 Å². The van der Waals surface area contributed by atoms with E-state index in [0.717, 1.165) is 18.8 Å². The number of nitrogens with two attached hydrogens (primary N) is 1. The summed E-state index contributed by atoms with van der Waals surface area (Å²) >= 11 is 12.5. The topological polar surface area (TPSA) is 32.5 Å². The van der Waals surface area contributed by atoms with Crippen molar-refractivity contribution in [2.45, 2.75) is 25.7 Å². The molecule has 0 bridgehead atoms. The SMILES string of the molecule is CN1CCC2(CC1)CCN(c1cc(Cl)c(N)cc1Cl)CC2. The van der Waals surface area contributed by atoms with Crippen LogP contribution in [0.1, 0.15) is 25.7 Å². The van der Waals surface area contributed by atoms with Crippen molar-refractivity contribution in [3.8, 4) is 0 Å². The lowest BCUT2D eigenvalue weighted by Crippen LogP contribution is -2.46. The Morgan fingerprint density at radius 2 is 1.52 bits per heavy atom. The summed E-state index contributed by atoms with van der Waals surface area (Å²) in [4.78, 5) is 4.80. The molecule has 0 aromatic heterocycles. The molecule has 2 N–H and O–H groups in total. The summed E-state index contributed by atoms with van der Waals surface area (Å²) < 4.78 is 0. The third-order valence-corrected chi connectivity index (χ3v) is 5.91. The monoisotopic (exact) mass is 327 g/mol. The van der Waals surface area contributed by atoms with Gasteiger partial charge in [-0.15, -0.1) is 0 Å². The van der Waals surface area contributed by atoms with Crippen molar-refractivity contribution in [1.82, 2.24) is 4.90 Å². The van der Waals surface area contributed by atoms with Gasteiger partial charge >= 0.3 is 0 Å². The van der Waals surface area contributed by atoms with Gasteiger partial charge in [0.25, 0.3) is 0 Å². The summed E-state index contributed by atoms with van der Waals surface area (Å²) in [6.07, 6.45) is 5.15. The second-order valence-electron chi connectivity index (χ2n) is 6.62. The predicted octanol–water partition coefficient (Wildman–Crippen LogP) is 3.89. The van der Waals surface area contributed by atoms with E-state index in [-0.39, 0.29) is 0 Å². The van der Waals surface area contributed by atoms with Crippen LogP contribution in [-0.2, 0) is 0 Å². The average Bonchev–Trinajstić information content (AvgIpc) is 2.47. The standard InChI is InChI=1S/C16H23Cl2N3/c1-20-6-2-16(3-7-20)4-8-21(9-5-16)15-11-12(17)14(19)10-13(15)18/h10-11H,2-9,19H2,1H3. The molecule has 0 amide bonds. The fraction of sp³-hybridized carbons (Fsp3) is 0.625. The Morgan fingerprint density at radius 3 is 2.14 bits per heavy atom. The van der Waals surface area contributed by atoms with Crippen molar-refractivity contribution in [2.75, 3.05) is 43.9 Å². The zero-order valence-corrected chi connectivity index (χ0v) is 14.1. The number of hydrogen-bond donors (Lipinski definition) is 1. The minimum atomic E-state index is 0.549. The smallest absolute Gasteiger partial charge is 0.0661 e. The van der Waals surface area contributed by atoms with Crippen LogP contribution in [0.3, 0.4) is 0 Å². The van der Waals surface area contributed by atoms with Crippen molar-refractivity contribution in [2.24, 2.45) is 5.41 Å². The van der Waals surface area contributed by atoms with Gasteiger partial charge in [0, 0.05) is 13.1 Å². The normalized spacial score (nSPS) is 22.7. The number of likely N-dealkylation sites (tertiary alicyclic amines) is 1. The number of anilines is 2. The second-order valence-corrected chi connectivity index (χ2v) is 7.43. The van der Waals surface area contributed by atoms with Crippen LogP contribution in [0, 0.1) is 5.41 Å². The molecule has 2 fully saturated rings. The summed E-state index contributed by atoms with van der Waals surface area (Å²) in [7, 11) is 2.22. The van der Waals surface area contributed by atoms with Crippen LogP contribution in [0.5, 0.6) is 0 Å². The molecule has 2 saturated heterocycles. The number of hydrogen-bond acceptors (Lipinski definition) is 3. The molecular weight excluding hydrogens is 305 g/mol. The summed E-state index contributed by atoms with van der Waals surface area (Å²) in [5, 5.41) is 1.30. The molecule has 2 aliphatic heterocycles. The number of rotatable bonds is 1. The fourth-order valence-corrected chi connectivity index (χ4v) is 4.06. The van der Waals surface area contributed by atoms with E-state index >= 15 is 0 Å². The third-order valence-electron chi connectivity index (χ3n) is 5.28. The quantitative estimate of drug-likeness (QED) is 0.794. The molecule has 0 saturated carbocycles. The van der Waals surface area contributed by atoms with Gasteiger partial charge in [-0.25, -0.2) is 0 Å². The van der Waals surface area contributed by atoms with Gasteiger partial charge in [-0.05, 0) is 63.4 Å². The van der Waals surface area contributed by atoms with Gasteiger partial charge in [0.2, 0.25) is 0 Å². The van der Waals surface area contributed by atoms with E-state index < -0.39 is 0 Å². The third kappa shape index (κ3) is 3.10. The highest BCUT2D eigenvalue weighted by Gasteiger charge is 2.37. The Kier molecular flexibility index (Phi) is 4.26. The minimum absolute atomic E-state index is 0.549. The summed E-state index contributed by atoms with van der Waals surface area (Å²) in [6, 6.07) is 3.67. The molecule has 5 heteroatoms. The van der Waals surface area contributed by atoms with Crippen LogP contribution in [0.25, 0.3) is 0 Å². The van der Waals surface area contributed by atoms with Gasteiger partial charge in [-0.3, -0.25) is 0 Å². The lowest BCUT2D eigenvalue weighted by Gasteiger charge is -2.47. The molecule has 0 unspecified atom stereocenters. The molecule has 1 aromatic rings. The van der Waals surface area contributed by atoms with Gasteiger partial charge in [0.15, 0.2) is 0 Å². The van der Waals surface area contributed by atoms with E-state index in [4.69, 9.17) is 28.9 Å². The van der Waals surface area contributed by atoms with Crippen molar-refractivity contribution in [3.63, 3.8) is 0 Å². The van der Waals surface area contributed by atoms with Crippen molar-refractivity contribution in [3.05, 3.63) is 22.2 Å². The summed E-state index contributed by atoms with van der Waals surface area (Å²) in [5.74, 6) is 0. The van der Waals surface area contributed by atoms with E-state index in [9.17, 15) is 0 Å². The second kappa shape index (κ2) is 5.86. The highest BCUT2D eigenvalue weighted by Crippen LogP contribution is 2.43. The maximum atomic E-state index is 6.34. The maximum Gasteiger partial charge on any atom is 0.0661 e. The molecule has 1 aromatic carbocycles. The highest BCUT2D eigenvalue weighted by atomic mass is 35.5. The van der Waals surface area contributed by atoms with Gasteiger partial charge in [-0.1, -0.05) is 23.2 Å². The molecule has 2 heterocycles. The number of piperidine rings is 2. The van der Waals surface area contributed by atoms with E-state index in [1.54, 1.807) is 6.07 Å². The summed E-state index contributed by atoms with van der Waals surface area (Å²) in [5.41, 5.74) is 7.93. The first-order valence-electron chi connectivity index (χ1n) is 7.67. The zero-order chi connectivity index (χ0) is 15.0. The van der Waals surface area contributed by atoms with E-state index in [1.807, 2.05) is 6.07 Å². The van der Waals surface area contributed by atoms with Crippen LogP contribution in [0.2, 0.25) is 10.0 Å². The average molecular weight is 328 g/mol. The van der Waals surface area contributed by atoms with Gasteiger partial charge in [-0.2, -0.15) is 0 Å². The molecular formula is C16H23Cl2N3. The van der Waals surface area contributed by atoms with E-state index in [0.29, 0.717) is 21.1 Å². The summed E-state index contributed by atoms with van der Waals surface area (Å²) in [6.45, 7) is 4.58. The molecule has 116 valence electrons. The predicted molar refractivity (Wildman–Crippen MR) is 91.5 cm³/mol. The Balaban J connectivity index is 1.70. The molecule has 0 radical (unpaired) electrons. The van der Waals surface area contributed by atoms with Crippen molar-refractivity contribution < 1.29 is 0 Å². The largest absolute Gasteiger partial charge is 0.397 e. The minimum Gasteiger partial charge on any atom is -0.397 e. The first-order chi connectivity index (χ1) is 9.99. The lowest BCUT2D eigenvalue weighted by atomic mass is 9.71. The number of benzene rings is 1. The zero-order valence-electron chi connectivity index (χ0n) is 12.5. The Hall–Kier alpha value is -0.640. The highest BCUT2D eigenvalue weighted by molar-refractivity contribution is 6.37. The van der Waals surface area contributed by atoms with Crippen LogP contribution >= 0.6 is 23.2 Å². The molecule has 2 aliphatic rings. The first kappa shape index (κ1) is 15.3. The lowest BCUT2D eigenvalue weighted by molar-refractivity contribution is 0.0945. The molecule has 0 aliphatic carbocycles. The van der Waals surface area contributed by atoms with Crippen molar-refractivity contribution >= 4 is 34.6 Å². The first-order valence-corrected chi connectivity index (χ1v) is 8.43. The number of nitrogens with zero attached hydrogens (tertiary/aromatic N) is 2. The van der Waals surface area contributed by atoms with Gasteiger partial charge < -0.3 is 15.5 Å². The molecule has 21 heavy (non-hydrogen) atoms. The number of nitrogen functional groups attached to an aromatic ring is 1. The number of halogens is 2.